The third kappa shape index (κ3) is 5.94. The van der Waals surface area contributed by atoms with Crippen molar-refractivity contribution in [2.24, 2.45) is 4.99 Å². The predicted molar refractivity (Wildman–Crippen MR) is 189 cm³/mol. The van der Waals surface area contributed by atoms with Crippen LogP contribution >= 0.6 is 33.9 Å². The van der Waals surface area contributed by atoms with Gasteiger partial charge in [-0.15, -0.1) is 0 Å². The van der Waals surface area contributed by atoms with E-state index in [1.165, 1.54) is 20.5 Å². The van der Waals surface area contributed by atoms with Gasteiger partial charge in [-0.2, -0.15) is 0 Å². The van der Waals surface area contributed by atoms with Crippen LogP contribution in [-0.2, 0) is 4.79 Å². The molecule has 1 amide bonds. The number of aromatic nitrogens is 2. The molecule has 3 aromatic carbocycles. The fraction of sp³-hybridized carbons (Fsp3) is 0.194. The first kappa shape index (κ1) is 30.8. The number of fused-ring (bicyclic) bond motifs is 1. The summed E-state index contributed by atoms with van der Waals surface area (Å²) < 4.78 is 11.3. The lowest BCUT2D eigenvalue weighted by atomic mass is 9.95. The number of hydrogen-bond donors (Lipinski definition) is 1. The van der Waals surface area contributed by atoms with Gasteiger partial charge in [0, 0.05) is 26.3 Å². The minimum atomic E-state index is -0.662. The van der Waals surface area contributed by atoms with Gasteiger partial charge in [-0.25, -0.2) is 4.99 Å². The quantitative estimate of drug-likeness (QED) is 0.192. The van der Waals surface area contributed by atoms with Gasteiger partial charge in [-0.1, -0.05) is 47.7 Å². The summed E-state index contributed by atoms with van der Waals surface area (Å²) >= 11 is 3.70. The average Bonchev–Trinajstić information content (AvgIpc) is 3.48. The Morgan fingerprint density at radius 3 is 2.44 bits per heavy atom. The van der Waals surface area contributed by atoms with Crippen molar-refractivity contribution >= 4 is 51.6 Å². The SMILES string of the molecule is CCOc1ccc([C@@H]2C(C(=O)Nc3ccccc3)=C(C)N=c3s/c(=C\c4cc(C)n(-c5ccc(C)c(I)c5)c4C)c(=O)n32)cc1. The zero-order chi connectivity index (χ0) is 31.8. The van der Waals surface area contributed by atoms with E-state index in [-0.39, 0.29) is 11.5 Å². The van der Waals surface area contributed by atoms with Crippen LogP contribution in [0.2, 0.25) is 0 Å². The molecule has 0 radical (unpaired) electrons. The van der Waals surface area contributed by atoms with E-state index in [1.54, 1.807) is 4.57 Å². The van der Waals surface area contributed by atoms with Crippen LogP contribution in [0.1, 0.15) is 48.0 Å². The molecular weight excluding hydrogens is 695 g/mol. The van der Waals surface area contributed by atoms with Crippen molar-refractivity contribution in [3.8, 4) is 11.4 Å². The number of nitrogens with zero attached hydrogens (tertiary/aromatic N) is 3. The Morgan fingerprint density at radius 2 is 1.76 bits per heavy atom. The van der Waals surface area contributed by atoms with Gasteiger partial charge in [0.15, 0.2) is 4.80 Å². The molecule has 0 aliphatic carbocycles. The molecule has 1 aliphatic heterocycles. The lowest BCUT2D eigenvalue weighted by Crippen LogP contribution is -2.40. The first-order chi connectivity index (χ1) is 21.7. The maximum absolute atomic E-state index is 14.3. The molecule has 0 saturated heterocycles. The van der Waals surface area contributed by atoms with Crippen LogP contribution in [0.15, 0.2) is 99.9 Å². The van der Waals surface area contributed by atoms with Crippen molar-refractivity contribution < 1.29 is 9.53 Å². The second-order valence-corrected chi connectivity index (χ2v) is 13.2. The maximum atomic E-state index is 14.3. The molecule has 2 aromatic heterocycles. The minimum absolute atomic E-state index is 0.190. The van der Waals surface area contributed by atoms with Crippen LogP contribution < -0.4 is 24.9 Å². The molecule has 1 N–H and O–H groups in total. The summed E-state index contributed by atoms with van der Waals surface area (Å²) in [7, 11) is 0. The number of amides is 1. The summed E-state index contributed by atoms with van der Waals surface area (Å²) in [4.78, 5) is 33.4. The van der Waals surface area contributed by atoms with E-state index in [4.69, 9.17) is 9.73 Å². The fourth-order valence-corrected chi connectivity index (χ4v) is 7.29. The van der Waals surface area contributed by atoms with Gasteiger partial charge >= 0.3 is 0 Å². The standard InChI is InChI=1S/C36H33IN4O3S/c1-6-44-29-16-13-25(14-17-29)33-32(34(42)39-27-10-8-7-9-11-27)23(4)38-36-41(33)35(43)31(45-36)19-26-18-22(3)40(24(26)5)28-15-12-21(2)30(37)20-28/h7-20,33H,6H2,1-5H3,(H,39,42)/b31-19-/t33-/m1/s1. The van der Waals surface area contributed by atoms with Gasteiger partial charge in [0.05, 0.1) is 28.5 Å². The second-order valence-electron chi connectivity index (χ2n) is 11.0. The van der Waals surface area contributed by atoms with Crippen molar-refractivity contribution in [1.82, 2.24) is 9.13 Å². The number of benzene rings is 3. The fourth-order valence-electron chi connectivity index (χ4n) is 5.75. The smallest absolute Gasteiger partial charge is 0.271 e. The van der Waals surface area contributed by atoms with E-state index in [9.17, 15) is 9.59 Å². The molecule has 7 nitrogen and oxygen atoms in total. The molecule has 9 heteroatoms. The van der Waals surface area contributed by atoms with Gasteiger partial charge in [0.25, 0.3) is 11.5 Å². The Labute approximate surface area is 279 Å². The van der Waals surface area contributed by atoms with Gasteiger partial charge in [-0.3, -0.25) is 14.2 Å². The predicted octanol–water partition coefficient (Wildman–Crippen LogP) is 6.59. The molecule has 6 rings (SSSR count). The van der Waals surface area contributed by atoms with Crippen molar-refractivity contribution in [3.63, 3.8) is 0 Å². The summed E-state index contributed by atoms with van der Waals surface area (Å²) in [5.74, 6) is 0.426. The topological polar surface area (TPSA) is 77.6 Å². The van der Waals surface area contributed by atoms with E-state index in [1.807, 2.05) is 74.5 Å². The molecular formula is C36H33IN4O3S. The highest BCUT2D eigenvalue weighted by molar-refractivity contribution is 14.1. The lowest BCUT2D eigenvalue weighted by Gasteiger charge is -2.25. The van der Waals surface area contributed by atoms with E-state index in [0.29, 0.717) is 32.9 Å². The first-order valence-electron chi connectivity index (χ1n) is 14.7. The van der Waals surface area contributed by atoms with Gasteiger partial charge < -0.3 is 14.6 Å². The number of ether oxygens (including phenoxy) is 1. The number of aryl methyl sites for hydroxylation is 2. The summed E-state index contributed by atoms with van der Waals surface area (Å²) in [6.07, 6.45) is 1.94. The summed E-state index contributed by atoms with van der Waals surface area (Å²) in [5.41, 5.74) is 7.67. The number of anilines is 1. The third-order valence-electron chi connectivity index (χ3n) is 7.98. The van der Waals surface area contributed by atoms with Gasteiger partial charge in [0.2, 0.25) is 0 Å². The van der Waals surface area contributed by atoms with E-state index in [2.05, 4.69) is 77.5 Å². The van der Waals surface area contributed by atoms with Crippen LogP contribution in [-0.4, -0.2) is 21.6 Å². The van der Waals surface area contributed by atoms with Crippen molar-refractivity contribution in [3.05, 3.63) is 141 Å². The van der Waals surface area contributed by atoms with Crippen LogP contribution in [0.5, 0.6) is 5.75 Å². The molecule has 5 aromatic rings. The number of hydrogen-bond acceptors (Lipinski definition) is 5. The summed E-state index contributed by atoms with van der Waals surface area (Å²) in [5, 5.41) is 3.01. The van der Waals surface area contributed by atoms with Crippen molar-refractivity contribution in [1.29, 1.82) is 0 Å². The summed E-state index contributed by atoms with van der Waals surface area (Å²) in [6.45, 7) is 10.6. The highest BCUT2D eigenvalue weighted by Crippen LogP contribution is 2.32. The highest BCUT2D eigenvalue weighted by Gasteiger charge is 2.32. The number of carbonyl (C=O) groups is 1. The second kappa shape index (κ2) is 12.6. The third-order valence-corrected chi connectivity index (χ3v) is 10.1. The number of carbonyl (C=O) groups excluding carboxylic acids is 1. The minimum Gasteiger partial charge on any atom is -0.494 e. The van der Waals surface area contributed by atoms with Crippen molar-refractivity contribution in [2.75, 3.05) is 11.9 Å². The molecule has 1 aliphatic rings. The zero-order valence-corrected chi connectivity index (χ0v) is 28.7. The molecule has 228 valence electrons. The highest BCUT2D eigenvalue weighted by atomic mass is 127. The first-order valence-corrected chi connectivity index (χ1v) is 16.6. The Bertz CT molecular complexity index is 2140. The largest absolute Gasteiger partial charge is 0.494 e. The Hall–Kier alpha value is -4.22. The van der Waals surface area contributed by atoms with E-state index < -0.39 is 6.04 Å². The maximum Gasteiger partial charge on any atom is 0.271 e. The monoisotopic (exact) mass is 728 g/mol. The molecule has 1 atom stereocenters. The molecule has 0 saturated carbocycles. The molecule has 0 unspecified atom stereocenters. The van der Waals surface area contributed by atoms with Crippen LogP contribution in [0.4, 0.5) is 5.69 Å². The molecule has 0 fully saturated rings. The van der Waals surface area contributed by atoms with Crippen molar-refractivity contribution in [2.45, 2.75) is 40.7 Å². The molecule has 3 heterocycles. The zero-order valence-electron chi connectivity index (χ0n) is 25.7. The Kier molecular flexibility index (Phi) is 8.65. The Balaban J connectivity index is 1.48. The van der Waals surface area contributed by atoms with Gasteiger partial charge in [0.1, 0.15) is 5.75 Å². The average molecular weight is 729 g/mol. The molecule has 0 bridgehead atoms. The van der Waals surface area contributed by atoms with Crippen LogP contribution in [0, 0.1) is 24.3 Å². The molecule has 45 heavy (non-hydrogen) atoms. The van der Waals surface area contributed by atoms with Crippen LogP contribution in [0.3, 0.4) is 0 Å². The summed E-state index contributed by atoms with van der Waals surface area (Å²) in [6, 6.07) is 24.7. The van der Waals surface area contributed by atoms with E-state index >= 15 is 0 Å². The number of halogens is 1. The number of rotatable bonds is 7. The molecule has 0 spiro atoms. The lowest BCUT2D eigenvalue weighted by molar-refractivity contribution is -0.113. The Morgan fingerprint density at radius 1 is 1.02 bits per heavy atom. The number of thiazole rings is 1. The van der Waals surface area contributed by atoms with Crippen LogP contribution in [0.25, 0.3) is 11.8 Å². The number of allylic oxidation sites excluding steroid dienone is 1. The normalized spacial score (nSPS) is 14.7. The van der Waals surface area contributed by atoms with E-state index in [0.717, 1.165) is 34.0 Å². The number of nitrogens with one attached hydrogen (secondary N) is 1. The van der Waals surface area contributed by atoms with Gasteiger partial charge in [-0.05, 0) is 122 Å². The number of para-hydroxylation sites is 1.